The van der Waals surface area contributed by atoms with Crippen molar-refractivity contribution in [3.8, 4) is 5.75 Å². The lowest BCUT2D eigenvalue weighted by molar-refractivity contribution is -0.143. The predicted molar refractivity (Wildman–Crippen MR) is 154 cm³/mol. The molecule has 10 heteroatoms. The standard InChI is InChI=1S/C27H27Br2N3O4S/c1-14(2)36-26(34)23-15(3)30-27-32(24(23)18-13-17(28)8-10-21(18)35-6)25(33)22(37-27)12-16-7-9-20(31(4)5)19(29)11-16/h7-14,24H,1-6H3/b22-12-/t24-/m1/s1. The van der Waals surface area contributed by atoms with E-state index in [2.05, 4.69) is 36.9 Å². The van der Waals surface area contributed by atoms with Gasteiger partial charge < -0.3 is 14.4 Å². The summed E-state index contributed by atoms with van der Waals surface area (Å²) in [5, 5.41) is 0. The van der Waals surface area contributed by atoms with E-state index in [4.69, 9.17) is 9.47 Å². The second-order valence-corrected chi connectivity index (χ2v) is 11.8. The van der Waals surface area contributed by atoms with Crippen LogP contribution in [0.1, 0.15) is 37.9 Å². The zero-order valence-corrected chi connectivity index (χ0v) is 25.3. The number of thiazole rings is 1. The van der Waals surface area contributed by atoms with Gasteiger partial charge in [0.2, 0.25) is 0 Å². The molecule has 194 valence electrons. The van der Waals surface area contributed by atoms with E-state index in [1.54, 1.807) is 38.5 Å². The third-order valence-electron chi connectivity index (χ3n) is 5.82. The Bertz CT molecular complexity index is 1590. The molecule has 0 unspecified atom stereocenters. The van der Waals surface area contributed by atoms with Gasteiger partial charge >= 0.3 is 5.97 Å². The molecule has 7 nitrogen and oxygen atoms in total. The number of esters is 1. The van der Waals surface area contributed by atoms with E-state index < -0.39 is 12.0 Å². The summed E-state index contributed by atoms with van der Waals surface area (Å²) in [6.07, 6.45) is 1.51. The number of carbonyl (C=O) groups is 1. The fourth-order valence-corrected chi connectivity index (χ4v) is 6.38. The zero-order valence-electron chi connectivity index (χ0n) is 21.3. The van der Waals surface area contributed by atoms with E-state index in [-0.39, 0.29) is 11.7 Å². The number of carbonyl (C=O) groups excluding carboxylic acids is 1. The molecule has 0 saturated carbocycles. The topological polar surface area (TPSA) is 73.1 Å². The number of nitrogens with zero attached hydrogens (tertiary/aromatic N) is 3. The number of ether oxygens (including phenoxy) is 2. The van der Waals surface area contributed by atoms with E-state index >= 15 is 0 Å². The van der Waals surface area contributed by atoms with Crippen molar-refractivity contribution in [1.82, 2.24) is 4.57 Å². The summed E-state index contributed by atoms with van der Waals surface area (Å²) >= 11 is 8.42. The third kappa shape index (κ3) is 5.46. The summed E-state index contributed by atoms with van der Waals surface area (Å²) in [6, 6.07) is 10.7. The summed E-state index contributed by atoms with van der Waals surface area (Å²) in [4.78, 5) is 34.4. The van der Waals surface area contributed by atoms with Crippen LogP contribution in [0, 0.1) is 0 Å². The third-order valence-corrected chi connectivity index (χ3v) is 7.93. The van der Waals surface area contributed by atoms with Gasteiger partial charge in [0.15, 0.2) is 4.80 Å². The number of anilines is 1. The lowest BCUT2D eigenvalue weighted by Crippen LogP contribution is -2.40. The summed E-state index contributed by atoms with van der Waals surface area (Å²) in [6.45, 7) is 5.34. The molecule has 0 amide bonds. The Balaban J connectivity index is 1.97. The Labute approximate surface area is 236 Å². The number of halogens is 2. The Morgan fingerprint density at radius 2 is 1.92 bits per heavy atom. The van der Waals surface area contributed by atoms with Gasteiger partial charge in [-0.25, -0.2) is 9.79 Å². The molecule has 1 atom stereocenters. The van der Waals surface area contributed by atoms with Crippen LogP contribution >= 0.6 is 43.2 Å². The minimum absolute atomic E-state index is 0.245. The van der Waals surface area contributed by atoms with Crippen molar-refractivity contribution in [3.63, 3.8) is 0 Å². The molecule has 0 radical (unpaired) electrons. The van der Waals surface area contributed by atoms with E-state index in [1.165, 1.54) is 11.3 Å². The number of aromatic nitrogens is 1. The molecule has 0 bridgehead atoms. The Kier molecular flexibility index (Phi) is 8.11. The lowest BCUT2D eigenvalue weighted by Gasteiger charge is -2.26. The van der Waals surface area contributed by atoms with Gasteiger partial charge in [0.1, 0.15) is 11.8 Å². The van der Waals surface area contributed by atoms with Gasteiger partial charge in [0, 0.05) is 28.6 Å². The van der Waals surface area contributed by atoms with E-state index in [0.29, 0.717) is 31.9 Å². The van der Waals surface area contributed by atoms with E-state index in [9.17, 15) is 9.59 Å². The van der Waals surface area contributed by atoms with Crippen LogP contribution in [0.2, 0.25) is 0 Å². The fourth-order valence-electron chi connectivity index (χ4n) is 4.20. The maximum atomic E-state index is 13.9. The molecular weight excluding hydrogens is 622 g/mol. The molecule has 37 heavy (non-hydrogen) atoms. The quantitative estimate of drug-likeness (QED) is 0.360. The van der Waals surface area contributed by atoms with Crippen molar-refractivity contribution in [1.29, 1.82) is 0 Å². The number of fused-ring (bicyclic) bond motifs is 1. The molecule has 0 spiro atoms. The maximum Gasteiger partial charge on any atom is 0.338 e. The fraction of sp³-hybridized carbons (Fsp3) is 0.296. The second-order valence-electron chi connectivity index (χ2n) is 9.03. The summed E-state index contributed by atoms with van der Waals surface area (Å²) in [7, 11) is 5.50. The van der Waals surface area contributed by atoms with Crippen LogP contribution in [0.15, 0.2) is 66.4 Å². The monoisotopic (exact) mass is 647 g/mol. The molecule has 1 aromatic heterocycles. The first-order valence-electron chi connectivity index (χ1n) is 11.6. The molecule has 4 rings (SSSR count). The Morgan fingerprint density at radius 3 is 2.54 bits per heavy atom. The minimum Gasteiger partial charge on any atom is -0.496 e. The number of hydrogen-bond donors (Lipinski definition) is 0. The van der Waals surface area contributed by atoms with Gasteiger partial charge in [0.05, 0.1) is 34.7 Å². The molecular formula is C27H27Br2N3O4S. The minimum atomic E-state index is -0.764. The molecule has 2 aromatic carbocycles. The number of rotatable bonds is 6. The van der Waals surface area contributed by atoms with Crippen LogP contribution in [-0.4, -0.2) is 37.8 Å². The van der Waals surface area contributed by atoms with Crippen molar-refractivity contribution in [3.05, 3.63) is 87.4 Å². The molecule has 0 fully saturated rings. The Morgan fingerprint density at radius 1 is 1.19 bits per heavy atom. The molecule has 0 aliphatic carbocycles. The summed E-state index contributed by atoms with van der Waals surface area (Å²) in [5.74, 6) is 0.0382. The highest BCUT2D eigenvalue weighted by molar-refractivity contribution is 9.10. The van der Waals surface area contributed by atoms with Gasteiger partial charge in [-0.2, -0.15) is 0 Å². The predicted octanol–water partition coefficient (Wildman–Crippen LogP) is 4.79. The van der Waals surface area contributed by atoms with E-state index in [0.717, 1.165) is 20.2 Å². The highest BCUT2D eigenvalue weighted by Gasteiger charge is 2.35. The molecule has 1 aliphatic heterocycles. The number of methoxy groups -OCH3 is 1. The van der Waals surface area contributed by atoms with Crippen molar-refractivity contribution in [2.75, 3.05) is 26.1 Å². The van der Waals surface area contributed by atoms with Crippen LogP contribution in [0.3, 0.4) is 0 Å². The molecule has 0 N–H and O–H groups in total. The van der Waals surface area contributed by atoms with Crippen LogP contribution in [0.4, 0.5) is 5.69 Å². The Hall–Kier alpha value is -2.69. The van der Waals surface area contributed by atoms with Gasteiger partial charge in [-0.1, -0.05) is 33.3 Å². The molecule has 2 heterocycles. The average molecular weight is 649 g/mol. The summed E-state index contributed by atoms with van der Waals surface area (Å²) in [5.41, 5.74) is 3.13. The first kappa shape index (κ1) is 27.3. The van der Waals surface area contributed by atoms with Gasteiger partial charge in [-0.15, -0.1) is 0 Å². The normalized spacial score (nSPS) is 15.5. The number of hydrogen-bond acceptors (Lipinski definition) is 7. The van der Waals surface area contributed by atoms with Crippen molar-refractivity contribution < 1.29 is 14.3 Å². The van der Waals surface area contributed by atoms with Gasteiger partial charge in [-0.3, -0.25) is 9.36 Å². The van der Waals surface area contributed by atoms with Crippen molar-refractivity contribution in [2.24, 2.45) is 4.99 Å². The van der Waals surface area contributed by atoms with Crippen LogP contribution in [-0.2, 0) is 9.53 Å². The summed E-state index contributed by atoms with van der Waals surface area (Å²) < 4.78 is 15.0. The molecule has 3 aromatic rings. The van der Waals surface area contributed by atoms with Crippen molar-refractivity contribution >= 4 is 60.9 Å². The molecule has 1 aliphatic rings. The smallest absolute Gasteiger partial charge is 0.338 e. The number of benzene rings is 2. The highest BCUT2D eigenvalue weighted by atomic mass is 79.9. The second kappa shape index (κ2) is 11.0. The first-order chi connectivity index (χ1) is 17.5. The highest BCUT2D eigenvalue weighted by Crippen LogP contribution is 2.37. The maximum absolute atomic E-state index is 13.9. The lowest BCUT2D eigenvalue weighted by atomic mass is 9.95. The largest absolute Gasteiger partial charge is 0.496 e. The first-order valence-corrected chi connectivity index (χ1v) is 14.0. The average Bonchev–Trinajstić information content (AvgIpc) is 3.11. The van der Waals surface area contributed by atoms with Crippen LogP contribution in [0.5, 0.6) is 5.75 Å². The van der Waals surface area contributed by atoms with Crippen LogP contribution < -0.4 is 24.5 Å². The van der Waals surface area contributed by atoms with Gasteiger partial charge in [0.25, 0.3) is 5.56 Å². The SMILES string of the molecule is COc1ccc(Br)cc1[C@@H]1C(C(=O)OC(C)C)=C(C)N=c2s/c(=C\c3ccc(N(C)C)c(Br)c3)c(=O)n21. The molecule has 0 saturated heterocycles. The van der Waals surface area contributed by atoms with Crippen molar-refractivity contribution in [2.45, 2.75) is 32.9 Å². The van der Waals surface area contributed by atoms with Crippen LogP contribution in [0.25, 0.3) is 6.08 Å². The zero-order chi connectivity index (χ0) is 27.0. The van der Waals surface area contributed by atoms with Gasteiger partial charge in [-0.05, 0) is 78.7 Å². The van der Waals surface area contributed by atoms with E-state index in [1.807, 2.05) is 55.4 Å². The number of allylic oxidation sites excluding steroid dienone is 1.